The molecule has 0 spiro atoms. The van der Waals surface area contributed by atoms with Crippen molar-refractivity contribution in [2.24, 2.45) is 11.1 Å². The Balaban J connectivity index is 2.58. The third kappa shape index (κ3) is 3.37. The lowest BCUT2D eigenvalue weighted by molar-refractivity contribution is -0.130. The van der Waals surface area contributed by atoms with Crippen molar-refractivity contribution in [3.63, 3.8) is 0 Å². The molecule has 2 N–H and O–H groups in total. The predicted molar refractivity (Wildman–Crippen MR) is 69.0 cm³/mol. The van der Waals surface area contributed by atoms with Crippen LogP contribution in [0.4, 0.5) is 4.79 Å². The first-order valence-corrected chi connectivity index (χ1v) is 6.48. The summed E-state index contributed by atoms with van der Waals surface area (Å²) in [5.74, 6) is -0.256. The van der Waals surface area contributed by atoms with Gasteiger partial charge in [0.2, 0.25) is 5.91 Å². The van der Waals surface area contributed by atoms with Crippen LogP contribution in [0.15, 0.2) is 0 Å². The van der Waals surface area contributed by atoms with E-state index >= 15 is 0 Å². The molecular weight excluding hydrogens is 232 g/mol. The first-order valence-electron chi connectivity index (χ1n) is 6.48. The van der Waals surface area contributed by atoms with E-state index in [1.54, 1.807) is 4.90 Å². The Hall–Kier alpha value is -1.26. The van der Waals surface area contributed by atoms with Gasteiger partial charge in [0.25, 0.3) is 0 Å². The van der Waals surface area contributed by atoms with E-state index in [0.717, 1.165) is 6.42 Å². The summed E-state index contributed by atoms with van der Waals surface area (Å²) in [7, 11) is 0. The minimum absolute atomic E-state index is 0.256. The maximum Gasteiger partial charge on any atom is 0.410 e. The normalized spacial score (nSPS) is 19.4. The molecule has 1 aliphatic heterocycles. The van der Waals surface area contributed by atoms with Crippen molar-refractivity contribution in [2.45, 2.75) is 52.6 Å². The Morgan fingerprint density at radius 1 is 1.28 bits per heavy atom. The van der Waals surface area contributed by atoms with E-state index in [9.17, 15) is 9.59 Å². The van der Waals surface area contributed by atoms with Crippen LogP contribution in [-0.4, -0.2) is 35.6 Å². The number of hydrogen-bond donors (Lipinski definition) is 1. The summed E-state index contributed by atoms with van der Waals surface area (Å²) in [6, 6.07) is 0. The van der Waals surface area contributed by atoms with Gasteiger partial charge in [-0.15, -0.1) is 0 Å². The van der Waals surface area contributed by atoms with E-state index in [4.69, 9.17) is 10.5 Å². The van der Waals surface area contributed by atoms with Crippen LogP contribution in [-0.2, 0) is 9.53 Å². The Labute approximate surface area is 109 Å². The average Bonchev–Trinajstić information content (AvgIpc) is 2.26. The lowest BCUT2D eigenvalue weighted by Gasteiger charge is -2.39. The molecule has 0 atom stereocenters. The number of nitrogens with zero attached hydrogens (tertiary/aromatic N) is 1. The van der Waals surface area contributed by atoms with Crippen molar-refractivity contribution in [3.05, 3.63) is 0 Å². The summed E-state index contributed by atoms with van der Waals surface area (Å²) in [5, 5.41) is 0. The molecule has 1 aliphatic rings. The molecule has 18 heavy (non-hydrogen) atoms. The molecule has 5 nitrogen and oxygen atoms in total. The van der Waals surface area contributed by atoms with Crippen molar-refractivity contribution in [1.82, 2.24) is 4.90 Å². The minimum Gasteiger partial charge on any atom is -0.444 e. The zero-order valence-electron chi connectivity index (χ0n) is 11.8. The summed E-state index contributed by atoms with van der Waals surface area (Å²) in [6.45, 7) is 8.56. The van der Waals surface area contributed by atoms with Crippen molar-refractivity contribution >= 4 is 12.0 Å². The number of ether oxygens (including phenoxy) is 1. The van der Waals surface area contributed by atoms with Gasteiger partial charge in [0.1, 0.15) is 5.60 Å². The molecule has 0 unspecified atom stereocenters. The molecule has 0 aliphatic carbocycles. The molecule has 5 heteroatoms. The van der Waals surface area contributed by atoms with E-state index in [1.807, 2.05) is 27.7 Å². The number of carbonyl (C=O) groups is 2. The van der Waals surface area contributed by atoms with Crippen LogP contribution < -0.4 is 5.73 Å². The number of hydrogen-bond acceptors (Lipinski definition) is 3. The molecule has 0 aromatic rings. The quantitative estimate of drug-likeness (QED) is 0.820. The van der Waals surface area contributed by atoms with E-state index in [1.165, 1.54) is 0 Å². The highest BCUT2D eigenvalue weighted by Crippen LogP contribution is 2.34. The van der Waals surface area contributed by atoms with Crippen LogP contribution in [0.2, 0.25) is 0 Å². The molecule has 104 valence electrons. The van der Waals surface area contributed by atoms with Crippen LogP contribution in [0.3, 0.4) is 0 Å². The number of likely N-dealkylation sites (tertiary alicyclic amines) is 1. The van der Waals surface area contributed by atoms with Crippen molar-refractivity contribution in [2.75, 3.05) is 13.1 Å². The van der Waals surface area contributed by atoms with Gasteiger partial charge in [-0.2, -0.15) is 0 Å². The minimum atomic E-state index is -0.486. The molecule has 0 radical (unpaired) electrons. The lowest BCUT2D eigenvalue weighted by Crippen LogP contribution is -2.49. The average molecular weight is 256 g/mol. The smallest absolute Gasteiger partial charge is 0.410 e. The van der Waals surface area contributed by atoms with Crippen LogP contribution in [0.5, 0.6) is 0 Å². The molecule has 1 fully saturated rings. The first kappa shape index (κ1) is 14.8. The Bertz CT molecular complexity index is 326. The number of primary amides is 1. The van der Waals surface area contributed by atoms with Gasteiger partial charge in [-0.3, -0.25) is 4.79 Å². The van der Waals surface area contributed by atoms with Gasteiger partial charge in [0, 0.05) is 13.1 Å². The first-order chi connectivity index (χ1) is 8.20. The second-order valence-corrected chi connectivity index (χ2v) is 5.97. The van der Waals surface area contributed by atoms with Gasteiger partial charge in [0.15, 0.2) is 0 Å². The maximum absolute atomic E-state index is 11.9. The summed E-state index contributed by atoms with van der Waals surface area (Å²) in [5.41, 5.74) is 4.53. The largest absolute Gasteiger partial charge is 0.444 e. The molecule has 0 aromatic heterocycles. The zero-order chi connectivity index (χ0) is 14.0. The highest BCUT2D eigenvalue weighted by atomic mass is 16.6. The monoisotopic (exact) mass is 256 g/mol. The third-order valence-electron chi connectivity index (χ3n) is 3.57. The number of carbonyl (C=O) groups excluding carboxylic acids is 2. The van der Waals surface area contributed by atoms with Crippen LogP contribution in [0.1, 0.15) is 47.0 Å². The van der Waals surface area contributed by atoms with Gasteiger partial charge >= 0.3 is 6.09 Å². The number of amides is 2. The molecular formula is C13H24N2O3. The predicted octanol–water partition coefficient (Wildman–Crippen LogP) is 1.90. The highest BCUT2D eigenvalue weighted by Gasteiger charge is 2.40. The van der Waals surface area contributed by atoms with Crippen LogP contribution >= 0.6 is 0 Å². The summed E-state index contributed by atoms with van der Waals surface area (Å²) >= 11 is 0. The molecule has 1 saturated heterocycles. The lowest BCUT2D eigenvalue weighted by atomic mass is 9.75. The third-order valence-corrected chi connectivity index (χ3v) is 3.57. The topological polar surface area (TPSA) is 72.6 Å². The fourth-order valence-electron chi connectivity index (χ4n) is 2.22. The highest BCUT2D eigenvalue weighted by molar-refractivity contribution is 5.81. The maximum atomic E-state index is 11.9. The van der Waals surface area contributed by atoms with E-state index in [0.29, 0.717) is 25.9 Å². The standard InChI is InChI=1S/C13H24N2O3/c1-5-13(10(14)16)6-8-15(9-7-13)11(17)18-12(2,3)4/h5-9H2,1-4H3,(H2,14,16). The van der Waals surface area contributed by atoms with E-state index in [-0.39, 0.29) is 12.0 Å². The van der Waals surface area contributed by atoms with Gasteiger partial charge in [-0.05, 0) is 40.0 Å². The molecule has 1 rings (SSSR count). The SMILES string of the molecule is CCC1(C(N)=O)CCN(C(=O)OC(C)(C)C)CC1. The Morgan fingerprint density at radius 3 is 2.11 bits per heavy atom. The van der Waals surface area contributed by atoms with Crippen molar-refractivity contribution < 1.29 is 14.3 Å². The van der Waals surface area contributed by atoms with Gasteiger partial charge < -0.3 is 15.4 Å². The van der Waals surface area contributed by atoms with Crippen molar-refractivity contribution in [1.29, 1.82) is 0 Å². The molecule has 1 heterocycles. The fourth-order valence-corrected chi connectivity index (χ4v) is 2.22. The summed E-state index contributed by atoms with van der Waals surface area (Å²) in [4.78, 5) is 25.0. The van der Waals surface area contributed by atoms with Gasteiger partial charge in [-0.1, -0.05) is 6.92 Å². The second kappa shape index (κ2) is 5.16. The van der Waals surface area contributed by atoms with Crippen LogP contribution in [0, 0.1) is 5.41 Å². The van der Waals surface area contributed by atoms with Gasteiger partial charge in [-0.25, -0.2) is 4.79 Å². The Kier molecular flexibility index (Phi) is 4.24. The number of nitrogens with two attached hydrogens (primary N) is 1. The van der Waals surface area contributed by atoms with E-state index in [2.05, 4.69) is 0 Å². The number of piperidine rings is 1. The molecule has 0 bridgehead atoms. The van der Waals surface area contributed by atoms with Crippen LogP contribution in [0.25, 0.3) is 0 Å². The second-order valence-electron chi connectivity index (χ2n) is 5.97. The van der Waals surface area contributed by atoms with E-state index < -0.39 is 11.0 Å². The summed E-state index contributed by atoms with van der Waals surface area (Å²) in [6.07, 6.45) is 1.66. The van der Waals surface area contributed by atoms with Gasteiger partial charge in [0.05, 0.1) is 5.41 Å². The molecule has 2 amide bonds. The molecule has 0 aromatic carbocycles. The zero-order valence-corrected chi connectivity index (χ0v) is 11.8. The number of rotatable bonds is 2. The molecule has 0 saturated carbocycles. The van der Waals surface area contributed by atoms with Crippen molar-refractivity contribution in [3.8, 4) is 0 Å². The summed E-state index contributed by atoms with van der Waals surface area (Å²) < 4.78 is 5.31. The Morgan fingerprint density at radius 2 is 1.78 bits per heavy atom. The fraction of sp³-hybridized carbons (Fsp3) is 0.846.